The van der Waals surface area contributed by atoms with Crippen molar-refractivity contribution in [1.82, 2.24) is 4.98 Å². The van der Waals surface area contributed by atoms with Crippen molar-refractivity contribution in [3.05, 3.63) is 53.7 Å². The Labute approximate surface area is 161 Å². The van der Waals surface area contributed by atoms with Gasteiger partial charge in [-0.25, -0.2) is 9.98 Å². The molecular weight excluding hydrogens is 413 g/mol. The first-order chi connectivity index (χ1) is 11.0. The molecule has 3 N–H and O–H groups in total. The monoisotopic (exact) mass is 439 g/mol. The molecular formula is C18H26IN5. The number of nitrogens with one attached hydrogen (secondary N) is 1. The van der Waals surface area contributed by atoms with E-state index in [-0.39, 0.29) is 24.0 Å². The topological polar surface area (TPSA) is 66.5 Å². The van der Waals surface area contributed by atoms with Crippen LogP contribution < -0.4 is 16.0 Å². The smallest absolute Gasteiger partial charge is 0.193 e. The van der Waals surface area contributed by atoms with Gasteiger partial charge in [0.1, 0.15) is 5.82 Å². The lowest BCUT2D eigenvalue weighted by Gasteiger charge is -2.12. The molecule has 1 heterocycles. The zero-order valence-corrected chi connectivity index (χ0v) is 17.0. The highest BCUT2D eigenvalue weighted by Gasteiger charge is 2.02. The van der Waals surface area contributed by atoms with Crippen molar-refractivity contribution >= 4 is 41.4 Å². The summed E-state index contributed by atoms with van der Waals surface area (Å²) < 4.78 is 0. The van der Waals surface area contributed by atoms with Crippen LogP contribution in [0.3, 0.4) is 0 Å². The van der Waals surface area contributed by atoms with Gasteiger partial charge in [0.05, 0.1) is 6.54 Å². The van der Waals surface area contributed by atoms with Crippen LogP contribution in [0.25, 0.3) is 0 Å². The van der Waals surface area contributed by atoms with Gasteiger partial charge in [0.25, 0.3) is 0 Å². The fourth-order valence-electron chi connectivity index (χ4n) is 2.14. The SMILES string of the molecule is CC(C)c1cccc(NC(N)=NCc2ccnc(N(C)C)c2)c1.I. The van der Waals surface area contributed by atoms with E-state index in [1.165, 1.54) is 5.56 Å². The normalized spacial score (nSPS) is 11.1. The van der Waals surface area contributed by atoms with Crippen molar-refractivity contribution < 1.29 is 0 Å². The molecule has 2 aromatic rings. The third-order valence-corrected chi connectivity index (χ3v) is 3.53. The maximum atomic E-state index is 5.99. The van der Waals surface area contributed by atoms with Crippen LogP contribution in [-0.4, -0.2) is 25.0 Å². The van der Waals surface area contributed by atoms with Gasteiger partial charge >= 0.3 is 0 Å². The highest BCUT2D eigenvalue weighted by Crippen LogP contribution is 2.18. The Bertz CT molecular complexity index is 683. The first-order valence-corrected chi connectivity index (χ1v) is 7.75. The molecule has 0 unspecified atom stereocenters. The second-order valence-corrected chi connectivity index (χ2v) is 6.02. The molecule has 0 bridgehead atoms. The van der Waals surface area contributed by atoms with Gasteiger partial charge < -0.3 is 16.0 Å². The van der Waals surface area contributed by atoms with Gasteiger partial charge in [-0.1, -0.05) is 26.0 Å². The van der Waals surface area contributed by atoms with Crippen molar-refractivity contribution in [2.45, 2.75) is 26.3 Å². The summed E-state index contributed by atoms with van der Waals surface area (Å²) in [7, 11) is 3.93. The molecule has 0 saturated carbocycles. The van der Waals surface area contributed by atoms with Gasteiger partial charge in [-0.2, -0.15) is 0 Å². The lowest BCUT2D eigenvalue weighted by atomic mass is 10.0. The molecule has 0 spiro atoms. The van der Waals surface area contributed by atoms with Gasteiger partial charge in [0.15, 0.2) is 5.96 Å². The molecule has 6 heteroatoms. The Kier molecular flexibility index (Phi) is 7.97. The molecule has 2 rings (SSSR count). The first-order valence-electron chi connectivity index (χ1n) is 7.75. The molecule has 0 saturated heterocycles. The van der Waals surface area contributed by atoms with Crippen molar-refractivity contribution in [3.8, 4) is 0 Å². The summed E-state index contributed by atoms with van der Waals surface area (Å²) in [5.41, 5.74) is 9.29. The van der Waals surface area contributed by atoms with Crippen LogP contribution in [0.1, 0.15) is 30.9 Å². The van der Waals surface area contributed by atoms with E-state index >= 15 is 0 Å². The average Bonchev–Trinajstić information content (AvgIpc) is 2.53. The predicted molar refractivity (Wildman–Crippen MR) is 113 cm³/mol. The molecule has 130 valence electrons. The molecule has 0 atom stereocenters. The summed E-state index contributed by atoms with van der Waals surface area (Å²) >= 11 is 0. The predicted octanol–water partition coefficient (Wildman–Crippen LogP) is 3.82. The van der Waals surface area contributed by atoms with Crippen LogP contribution >= 0.6 is 24.0 Å². The maximum absolute atomic E-state index is 5.99. The Morgan fingerprint density at radius 2 is 2.00 bits per heavy atom. The molecule has 0 fully saturated rings. The van der Waals surface area contributed by atoms with Gasteiger partial charge in [-0.05, 0) is 41.3 Å². The van der Waals surface area contributed by atoms with Gasteiger partial charge in [-0.15, -0.1) is 24.0 Å². The summed E-state index contributed by atoms with van der Waals surface area (Å²) in [5.74, 6) is 1.80. The number of guanidine groups is 1. The van der Waals surface area contributed by atoms with E-state index in [0.717, 1.165) is 17.1 Å². The van der Waals surface area contributed by atoms with Crippen molar-refractivity contribution in [2.24, 2.45) is 10.7 Å². The number of nitrogens with two attached hydrogens (primary N) is 1. The Hall–Kier alpha value is -1.83. The number of hydrogen-bond donors (Lipinski definition) is 2. The summed E-state index contributed by atoms with van der Waals surface area (Å²) in [6.07, 6.45) is 1.79. The molecule has 0 aliphatic rings. The lowest BCUT2D eigenvalue weighted by Crippen LogP contribution is -2.22. The summed E-state index contributed by atoms with van der Waals surface area (Å²) in [6.45, 7) is 4.86. The zero-order valence-electron chi connectivity index (χ0n) is 14.7. The van der Waals surface area contributed by atoms with Gasteiger partial charge in [0.2, 0.25) is 0 Å². The minimum absolute atomic E-state index is 0. The number of halogens is 1. The highest BCUT2D eigenvalue weighted by molar-refractivity contribution is 14.0. The van der Waals surface area contributed by atoms with Crippen molar-refractivity contribution in [2.75, 3.05) is 24.3 Å². The molecule has 1 aromatic carbocycles. The van der Waals surface area contributed by atoms with E-state index in [1.807, 2.05) is 43.3 Å². The summed E-state index contributed by atoms with van der Waals surface area (Å²) in [4.78, 5) is 10.7. The summed E-state index contributed by atoms with van der Waals surface area (Å²) in [6, 6.07) is 12.2. The second kappa shape index (κ2) is 9.46. The van der Waals surface area contributed by atoms with Crippen LogP contribution in [0.4, 0.5) is 11.5 Å². The quantitative estimate of drug-likeness (QED) is 0.423. The highest BCUT2D eigenvalue weighted by atomic mass is 127. The van der Waals surface area contributed by atoms with Crippen LogP contribution in [0.2, 0.25) is 0 Å². The number of anilines is 2. The number of benzene rings is 1. The fourth-order valence-corrected chi connectivity index (χ4v) is 2.14. The van der Waals surface area contributed by atoms with E-state index < -0.39 is 0 Å². The van der Waals surface area contributed by atoms with E-state index in [1.54, 1.807) is 6.20 Å². The number of hydrogen-bond acceptors (Lipinski definition) is 3. The Morgan fingerprint density at radius 3 is 2.67 bits per heavy atom. The minimum Gasteiger partial charge on any atom is -0.370 e. The molecule has 0 amide bonds. The van der Waals surface area contributed by atoms with E-state index in [9.17, 15) is 0 Å². The molecule has 5 nitrogen and oxygen atoms in total. The number of aliphatic imine (C=N–C) groups is 1. The number of aromatic nitrogens is 1. The zero-order chi connectivity index (χ0) is 16.8. The molecule has 0 aliphatic heterocycles. The maximum Gasteiger partial charge on any atom is 0.193 e. The van der Waals surface area contributed by atoms with Crippen LogP contribution in [0.5, 0.6) is 0 Å². The van der Waals surface area contributed by atoms with Gasteiger partial charge in [0, 0.05) is 26.0 Å². The molecule has 0 radical (unpaired) electrons. The van der Waals surface area contributed by atoms with Crippen LogP contribution in [-0.2, 0) is 6.54 Å². The van der Waals surface area contributed by atoms with Crippen molar-refractivity contribution in [1.29, 1.82) is 0 Å². The van der Waals surface area contributed by atoms with E-state index in [4.69, 9.17) is 5.73 Å². The minimum atomic E-state index is 0. The average molecular weight is 439 g/mol. The number of rotatable bonds is 5. The van der Waals surface area contributed by atoms with E-state index in [2.05, 4.69) is 41.3 Å². The Balaban J connectivity index is 0.00000288. The molecule has 0 aliphatic carbocycles. The fraction of sp³-hybridized carbons (Fsp3) is 0.333. The van der Waals surface area contributed by atoms with Crippen molar-refractivity contribution in [3.63, 3.8) is 0 Å². The summed E-state index contributed by atoms with van der Waals surface area (Å²) in [5, 5.41) is 3.15. The lowest BCUT2D eigenvalue weighted by molar-refractivity contribution is 0.867. The third-order valence-electron chi connectivity index (χ3n) is 3.53. The number of pyridine rings is 1. The molecule has 1 aromatic heterocycles. The molecule has 24 heavy (non-hydrogen) atoms. The largest absolute Gasteiger partial charge is 0.370 e. The van der Waals surface area contributed by atoms with Gasteiger partial charge in [-0.3, -0.25) is 0 Å². The standard InChI is InChI=1S/C18H25N5.HI/c1-13(2)15-6-5-7-16(11-15)22-18(19)21-12-14-8-9-20-17(10-14)23(3)4;/h5-11,13H,12H2,1-4H3,(H3,19,21,22);1H. The third kappa shape index (κ3) is 5.99. The number of nitrogens with zero attached hydrogens (tertiary/aromatic N) is 3. The van der Waals surface area contributed by atoms with Crippen LogP contribution in [0.15, 0.2) is 47.6 Å². The first kappa shape index (κ1) is 20.2. The Morgan fingerprint density at radius 1 is 1.25 bits per heavy atom. The van der Waals surface area contributed by atoms with E-state index in [0.29, 0.717) is 18.4 Å². The second-order valence-electron chi connectivity index (χ2n) is 6.02. The van der Waals surface area contributed by atoms with Crippen LogP contribution in [0, 0.1) is 0 Å².